The first-order valence-electron chi connectivity index (χ1n) is 14.2. The number of piperazine rings is 1. The standard InChI is InChI=1S/C31H35F4N5O2/c1-21(20-37-13-15-39(16-14-37)28-7-4-23-17-25(32)5-3-24(23)18-28)22(2)38-11-9-26(10-12-38)36-27-6-8-30(40(41)42)29(19-27)31(33,34)35/h3-8,17-19,21,26,36H,2,9-16,20H2,1H3. The number of nitro groups is 1. The fraction of sp³-hybridized carbons (Fsp3) is 0.419. The Hall–Kier alpha value is -3.86. The number of likely N-dealkylation sites (tertiary alicyclic amines) is 1. The first-order chi connectivity index (χ1) is 20.0. The number of fused-ring (bicyclic) bond motifs is 1. The van der Waals surface area contributed by atoms with Crippen LogP contribution >= 0.6 is 0 Å². The van der Waals surface area contributed by atoms with Crippen molar-refractivity contribution in [3.8, 4) is 0 Å². The molecule has 2 heterocycles. The summed E-state index contributed by atoms with van der Waals surface area (Å²) in [5, 5.41) is 16.1. The zero-order valence-corrected chi connectivity index (χ0v) is 23.5. The van der Waals surface area contributed by atoms with Crippen LogP contribution in [0.4, 0.5) is 34.6 Å². The zero-order valence-electron chi connectivity index (χ0n) is 23.5. The van der Waals surface area contributed by atoms with Gasteiger partial charge in [0.1, 0.15) is 11.4 Å². The van der Waals surface area contributed by atoms with Gasteiger partial charge in [-0.05, 0) is 60.0 Å². The number of piperidine rings is 1. The molecule has 0 aliphatic carbocycles. The monoisotopic (exact) mass is 585 g/mol. The minimum atomic E-state index is -4.80. The number of nitrogens with one attached hydrogen (secondary N) is 1. The van der Waals surface area contributed by atoms with Gasteiger partial charge in [0.05, 0.1) is 4.92 Å². The molecule has 0 bridgehead atoms. The van der Waals surface area contributed by atoms with E-state index in [1.807, 2.05) is 12.1 Å². The number of rotatable bonds is 8. The van der Waals surface area contributed by atoms with Gasteiger partial charge < -0.3 is 15.1 Å². The van der Waals surface area contributed by atoms with E-state index in [2.05, 4.69) is 45.7 Å². The van der Waals surface area contributed by atoms with Crippen molar-refractivity contribution in [1.82, 2.24) is 9.80 Å². The molecule has 1 N–H and O–H groups in total. The molecule has 1 unspecified atom stereocenters. The Balaban J connectivity index is 1.09. The average Bonchev–Trinajstić information content (AvgIpc) is 2.96. The van der Waals surface area contributed by atoms with E-state index >= 15 is 0 Å². The number of alkyl halides is 3. The largest absolute Gasteiger partial charge is 0.423 e. The third-order valence-electron chi connectivity index (χ3n) is 8.39. The van der Waals surface area contributed by atoms with E-state index in [9.17, 15) is 27.7 Å². The normalized spacial score (nSPS) is 17.8. The second-order valence-corrected chi connectivity index (χ2v) is 11.2. The van der Waals surface area contributed by atoms with Crippen molar-refractivity contribution in [3.05, 3.63) is 88.4 Å². The van der Waals surface area contributed by atoms with Gasteiger partial charge in [-0.25, -0.2) is 4.39 Å². The fourth-order valence-corrected chi connectivity index (χ4v) is 5.95. The third-order valence-corrected chi connectivity index (χ3v) is 8.39. The van der Waals surface area contributed by atoms with Gasteiger partial charge in [-0.2, -0.15) is 13.2 Å². The predicted molar refractivity (Wildman–Crippen MR) is 157 cm³/mol. The Kier molecular flexibility index (Phi) is 8.58. The molecule has 7 nitrogen and oxygen atoms in total. The first kappa shape index (κ1) is 29.6. The summed E-state index contributed by atoms with van der Waals surface area (Å²) in [7, 11) is 0. The highest BCUT2D eigenvalue weighted by Gasteiger charge is 2.38. The third kappa shape index (κ3) is 6.78. The molecule has 0 saturated carbocycles. The summed E-state index contributed by atoms with van der Waals surface area (Å²) in [6, 6.07) is 14.0. The molecule has 0 aromatic heterocycles. The van der Waals surface area contributed by atoms with Gasteiger partial charge in [0.2, 0.25) is 0 Å². The van der Waals surface area contributed by atoms with Crippen molar-refractivity contribution in [1.29, 1.82) is 0 Å². The van der Waals surface area contributed by atoms with Crippen molar-refractivity contribution in [2.45, 2.75) is 32.0 Å². The number of benzene rings is 3. The van der Waals surface area contributed by atoms with Crippen LogP contribution in [0.3, 0.4) is 0 Å². The first-order valence-corrected chi connectivity index (χ1v) is 14.2. The zero-order chi connectivity index (χ0) is 30.0. The minimum absolute atomic E-state index is 0.0332. The van der Waals surface area contributed by atoms with Gasteiger partial charge in [0.15, 0.2) is 0 Å². The molecule has 1 atom stereocenters. The maximum Gasteiger partial charge on any atom is 0.423 e. The smallest absolute Gasteiger partial charge is 0.382 e. The lowest BCUT2D eigenvalue weighted by molar-refractivity contribution is -0.388. The van der Waals surface area contributed by atoms with Crippen LogP contribution in [0.1, 0.15) is 25.3 Å². The number of halogens is 4. The summed E-state index contributed by atoms with van der Waals surface area (Å²) in [6.07, 6.45) is -3.36. The molecule has 2 aliphatic rings. The van der Waals surface area contributed by atoms with Gasteiger partial charge in [0.25, 0.3) is 5.69 Å². The van der Waals surface area contributed by atoms with Crippen LogP contribution in [0.5, 0.6) is 0 Å². The molecule has 0 radical (unpaired) electrons. The Morgan fingerprint density at radius 1 is 1.00 bits per heavy atom. The Morgan fingerprint density at radius 2 is 1.67 bits per heavy atom. The highest BCUT2D eigenvalue weighted by Crippen LogP contribution is 2.38. The lowest BCUT2D eigenvalue weighted by atomic mass is 10.00. The minimum Gasteiger partial charge on any atom is -0.382 e. The maximum atomic E-state index is 13.5. The summed E-state index contributed by atoms with van der Waals surface area (Å²) in [5.41, 5.74) is 0.252. The number of hydrogen-bond donors (Lipinski definition) is 1. The summed E-state index contributed by atoms with van der Waals surface area (Å²) < 4.78 is 53.5. The van der Waals surface area contributed by atoms with Crippen LogP contribution in [0.25, 0.3) is 10.8 Å². The Labute approximate surface area is 242 Å². The molecular weight excluding hydrogens is 550 g/mol. The van der Waals surface area contributed by atoms with E-state index in [4.69, 9.17) is 0 Å². The molecule has 0 spiro atoms. The van der Waals surface area contributed by atoms with Gasteiger partial charge in [-0.1, -0.05) is 25.6 Å². The summed E-state index contributed by atoms with van der Waals surface area (Å²) in [5.74, 6) is 0.0199. The lowest BCUT2D eigenvalue weighted by Crippen LogP contribution is -2.48. The second kappa shape index (κ2) is 12.2. The highest BCUT2D eigenvalue weighted by molar-refractivity contribution is 5.86. The quantitative estimate of drug-likeness (QED) is 0.179. The highest BCUT2D eigenvalue weighted by atomic mass is 19.4. The van der Waals surface area contributed by atoms with Crippen LogP contribution in [-0.2, 0) is 6.18 Å². The predicted octanol–water partition coefficient (Wildman–Crippen LogP) is 6.75. The fourth-order valence-electron chi connectivity index (χ4n) is 5.95. The van der Waals surface area contributed by atoms with E-state index in [-0.39, 0.29) is 23.5 Å². The van der Waals surface area contributed by atoms with E-state index in [1.54, 1.807) is 6.07 Å². The number of nitro benzene ring substituents is 1. The Bertz CT molecular complexity index is 1450. The molecular formula is C31H35F4N5O2. The summed E-state index contributed by atoms with van der Waals surface area (Å²) in [6.45, 7) is 12.6. The molecule has 5 rings (SSSR count). The second-order valence-electron chi connectivity index (χ2n) is 11.2. The van der Waals surface area contributed by atoms with Gasteiger partial charge in [0, 0.05) is 80.9 Å². The van der Waals surface area contributed by atoms with Crippen molar-refractivity contribution < 1.29 is 22.5 Å². The molecule has 3 aromatic rings. The van der Waals surface area contributed by atoms with Crippen LogP contribution in [0.15, 0.2) is 66.9 Å². The van der Waals surface area contributed by atoms with Crippen molar-refractivity contribution in [3.63, 3.8) is 0 Å². The number of anilines is 2. The number of nitrogens with zero attached hydrogens (tertiary/aromatic N) is 4. The van der Waals surface area contributed by atoms with Crippen molar-refractivity contribution in [2.24, 2.45) is 5.92 Å². The van der Waals surface area contributed by atoms with E-state index < -0.39 is 22.4 Å². The summed E-state index contributed by atoms with van der Waals surface area (Å²) >= 11 is 0. The molecule has 224 valence electrons. The summed E-state index contributed by atoms with van der Waals surface area (Å²) in [4.78, 5) is 17.1. The van der Waals surface area contributed by atoms with Gasteiger partial charge >= 0.3 is 6.18 Å². The van der Waals surface area contributed by atoms with E-state index in [1.165, 1.54) is 12.1 Å². The van der Waals surface area contributed by atoms with Crippen LogP contribution < -0.4 is 10.2 Å². The molecule has 2 saturated heterocycles. The van der Waals surface area contributed by atoms with Crippen LogP contribution in [0.2, 0.25) is 0 Å². The average molecular weight is 586 g/mol. The SMILES string of the molecule is C=C(C(C)CN1CCN(c2ccc3cc(F)ccc3c2)CC1)N1CCC(Nc2ccc([N+](=O)[O-])c(C(F)(F)F)c2)CC1. The lowest BCUT2D eigenvalue weighted by Gasteiger charge is -2.40. The van der Waals surface area contributed by atoms with E-state index in [0.717, 1.165) is 92.9 Å². The molecule has 3 aromatic carbocycles. The topological polar surface area (TPSA) is 64.9 Å². The molecule has 0 amide bonds. The van der Waals surface area contributed by atoms with E-state index in [0.29, 0.717) is 0 Å². The van der Waals surface area contributed by atoms with Crippen molar-refractivity contribution >= 4 is 27.8 Å². The molecule has 11 heteroatoms. The molecule has 2 fully saturated rings. The van der Waals surface area contributed by atoms with Crippen LogP contribution in [-0.4, -0.2) is 66.6 Å². The molecule has 42 heavy (non-hydrogen) atoms. The maximum absolute atomic E-state index is 13.5. The molecule has 2 aliphatic heterocycles. The van der Waals surface area contributed by atoms with Gasteiger partial charge in [-0.15, -0.1) is 0 Å². The Morgan fingerprint density at radius 3 is 2.33 bits per heavy atom. The van der Waals surface area contributed by atoms with Crippen LogP contribution in [0, 0.1) is 21.8 Å². The van der Waals surface area contributed by atoms with Crippen molar-refractivity contribution in [2.75, 3.05) is 56.0 Å². The van der Waals surface area contributed by atoms with Gasteiger partial charge in [-0.3, -0.25) is 15.0 Å². The number of hydrogen-bond acceptors (Lipinski definition) is 6.